The molecule has 2 rings (SSSR count). The number of nitrogens with zero attached hydrogens (tertiary/aromatic N) is 2. The van der Waals surface area contributed by atoms with Crippen molar-refractivity contribution in [3.8, 4) is 0 Å². The van der Waals surface area contributed by atoms with Crippen molar-refractivity contribution in [1.82, 2.24) is 15.1 Å². The first-order valence-corrected chi connectivity index (χ1v) is 8.50. The second kappa shape index (κ2) is 9.10. The van der Waals surface area contributed by atoms with Gasteiger partial charge in [0.1, 0.15) is 0 Å². The van der Waals surface area contributed by atoms with Crippen molar-refractivity contribution < 1.29 is 14.3 Å². The predicted octanol–water partition coefficient (Wildman–Crippen LogP) is 0.616. The van der Waals surface area contributed by atoms with E-state index in [1.165, 1.54) is 12.8 Å². The Kier molecular flexibility index (Phi) is 7.12. The van der Waals surface area contributed by atoms with Crippen LogP contribution in [0.2, 0.25) is 0 Å². The highest BCUT2D eigenvalue weighted by Gasteiger charge is 2.18. The number of carbonyl (C=O) groups excluding carboxylic acids is 2. The Balaban J connectivity index is 1.66. The molecule has 1 saturated heterocycles. The van der Waals surface area contributed by atoms with Crippen molar-refractivity contribution in [3.05, 3.63) is 0 Å². The van der Waals surface area contributed by atoms with E-state index in [1.54, 1.807) is 11.8 Å². The van der Waals surface area contributed by atoms with Gasteiger partial charge in [0.15, 0.2) is 0 Å². The first-order chi connectivity index (χ1) is 10.6. The van der Waals surface area contributed by atoms with Crippen LogP contribution in [0.15, 0.2) is 0 Å². The van der Waals surface area contributed by atoms with Crippen molar-refractivity contribution >= 4 is 11.8 Å². The zero-order chi connectivity index (χ0) is 15.8. The Bertz CT molecular complexity index is 364. The molecule has 6 heteroatoms. The predicted molar refractivity (Wildman–Crippen MR) is 84.5 cm³/mol. The summed E-state index contributed by atoms with van der Waals surface area (Å²) in [6.07, 6.45) is 5.02. The molecule has 1 aliphatic heterocycles. The second-order valence-corrected chi connectivity index (χ2v) is 6.26. The lowest BCUT2D eigenvalue weighted by Crippen LogP contribution is -2.43. The molecule has 2 aliphatic rings. The third-order valence-corrected chi connectivity index (χ3v) is 4.56. The Labute approximate surface area is 133 Å². The highest BCUT2D eigenvalue weighted by molar-refractivity contribution is 5.78. The number of nitrogens with one attached hydrogen (secondary N) is 1. The molecule has 1 saturated carbocycles. The minimum absolute atomic E-state index is 0.0434. The van der Waals surface area contributed by atoms with Gasteiger partial charge < -0.3 is 15.0 Å². The summed E-state index contributed by atoms with van der Waals surface area (Å²) in [5.41, 5.74) is 0. The molecule has 22 heavy (non-hydrogen) atoms. The van der Waals surface area contributed by atoms with Gasteiger partial charge in [-0.2, -0.15) is 0 Å². The molecular weight excluding hydrogens is 282 g/mol. The lowest BCUT2D eigenvalue weighted by atomic mass is 10.2. The van der Waals surface area contributed by atoms with Gasteiger partial charge in [-0.25, -0.2) is 0 Å². The van der Waals surface area contributed by atoms with Gasteiger partial charge in [-0.15, -0.1) is 0 Å². The monoisotopic (exact) mass is 311 g/mol. The molecule has 0 spiro atoms. The van der Waals surface area contributed by atoms with Crippen molar-refractivity contribution in [2.24, 2.45) is 0 Å². The van der Waals surface area contributed by atoms with Gasteiger partial charge in [0, 0.05) is 52.1 Å². The normalized spacial score (nSPS) is 20.0. The van der Waals surface area contributed by atoms with Gasteiger partial charge in [0.2, 0.25) is 11.8 Å². The Morgan fingerprint density at radius 2 is 1.86 bits per heavy atom. The summed E-state index contributed by atoms with van der Waals surface area (Å²) in [6.45, 7) is 7.02. The van der Waals surface area contributed by atoms with Gasteiger partial charge in [-0.3, -0.25) is 14.5 Å². The standard InChI is InChI=1S/C16H29N3O3/c1-14(20)19(9-8-18-10-12-22-13-11-18)7-6-16(21)17-15-4-2-3-5-15/h15H,2-13H2,1H3,(H,17,21). The molecule has 6 nitrogen and oxygen atoms in total. The highest BCUT2D eigenvalue weighted by Crippen LogP contribution is 2.17. The molecular formula is C16H29N3O3. The van der Waals surface area contributed by atoms with Crippen LogP contribution in [-0.2, 0) is 14.3 Å². The van der Waals surface area contributed by atoms with E-state index in [4.69, 9.17) is 4.74 Å². The van der Waals surface area contributed by atoms with E-state index in [9.17, 15) is 9.59 Å². The fraction of sp³-hybridized carbons (Fsp3) is 0.875. The topological polar surface area (TPSA) is 61.9 Å². The molecule has 126 valence electrons. The SMILES string of the molecule is CC(=O)N(CCC(=O)NC1CCCC1)CCN1CCOCC1. The number of hydrogen-bond acceptors (Lipinski definition) is 4. The van der Waals surface area contributed by atoms with E-state index in [1.807, 2.05) is 0 Å². The van der Waals surface area contributed by atoms with Crippen LogP contribution in [0.25, 0.3) is 0 Å². The maximum atomic E-state index is 12.0. The zero-order valence-corrected chi connectivity index (χ0v) is 13.7. The van der Waals surface area contributed by atoms with Gasteiger partial charge in [-0.05, 0) is 12.8 Å². The summed E-state index contributed by atoms with van der Waals surface area (Å²) in [4.78, 5) is 27.8. The zero-order valence-electron chi connectivity index (χ0n) is 13.7. The summed E-state index contributed by atoms with van der Waals surface area (Å²) >= 11 is 0. The highest BCUT2D eigenvalue weighted by atomic mass is 16.5. The van der Waals surface area contributed by atoms with Crippen molar-refractivity contribution in [2.75, 3.05) is 45.9 Å². The van der Waals surface area contributed by atoms with Gasteiger partial charge in [0.05, 0.1) is 13.2 Å². The van der Waals surface area contributed by atoms with Crippen LogP contribution in [0.3, 0.4) is 0 Å². The molecule has 2 fully saturated rings. The fourth-order valence-corrected chi connectivity index (χ4v) is 3.12. The lowest BCUT2D eigenvalue weighted by Gasteiger charge is -2.29. The summed E-state index contributed by atoms with van der Waals surface area (Å²) in [5, 5.41) is 3.07. The smallest absolute Gasteiger partial charge is 0.221 e. The number of amides is 2. The van der Waals surface area contributed by atoms with Crippen molar-refractivity contribution in [2.45, 2.75) is 45.1 Å². The lowest BCUT2D eigenvalue weighted by molar-refractivity contribution is -0.130. The van der Waals surface area contributed by atoms with Gasteiger partial charge >= 0.3 is 0 Å². The molecule has 0 radical (unpaired) electrons. The molecule has 1 heterocycles. The second-order valence-electron chi connectivity index (χ2n) is 6.26. The van der Waals surface area contributed by atoms with Gasteiger partial charge in [-0.1, -0.05) is 12.8 Å². The van der Waals surface area contributed by atoms with Gasteiger partial charge in [0.25, 0.3) is 0 Å². The molecule has 0 aromatic heterocycles. The molecule has 0 aromatic carbocycles. The summed E-state index contributed by atoms with van der Waals surface area (Å²) in [7, 11) is 0. The average Bonchev–Trinajstić information content (AvgIpc) is 3.00. The van der Waals surface area contributed by atoms with E-state index in [0.717, 1.165) is 45.7 Å². The van der Waals surface area contributed by atoms with Crippen LogP contribution in [0.4, 0.5) is 0 Å². The molecule has 0 atom stereocenters. The third kappa shape index (κ3) is 5.93. The number of rotatable bonds is 7. The summed E-state index contributed by atoms with van der Waals surface area (Å²) in [6, 6.07) is 0.353. The summed E-state index contributed by atoms with van der Waals surface area (Å²) in [5.74, 6) is 0.117. The van der Waals surface area contributed by atoms with Crippen LogP contribution in [-0.4, -0.2) is 73.6 Å². The number of ether oxygens (including phenoxy) is 1. The van der Waals surface area contributed by atoms with Crippen molar-refractivity contribution in [1.29, 1.82) is 0 Å². The molecule has 1 aliphatic carbocycles. The summed E-state index contributed by atoms with van der Waals surface area (Å²) < 4.78 is 5.32. The fourth-order valence-electron chi connectivity index (χ4n) is 3.12. The Morgan fingerprint density at radius 3 is 2.50 bits per heavy atom. The quantitative estimate of drug-likeness (QED) is 0.748. The molecule has 0 unspecified atom stereocenters. The van der Waals surface area contributed by atoms with Crippen molar-refractivity contribution in [3.63, 3.8) is 0 Å². The van der Waals surface area contributed by atoms with E-state index < -0.39 is 0 Å². The first kappa shape index (κ1) is 17.2. The minimum Gasteiger partial charge on any atom is -0.379 e. The molecule has 0 bridgehead atoms. The maximum Gasteiger partial charge on any atom is 0.221 e. The molecule has 1 N–H and O–H groups in total. The average molecular weight is 311 g/mol. The first-order valence-electron chi connectivity index (χ1n) is 8.50. The van der Waals surface area contributed by atoms with E-state index in [0.29, 0.717) is 25.6 Å². The van der Waals surface area contributed by atoms with Crippen LogP contribution >= 0.6 is 0 Å². The van der Waals surface area contributed by atoms with E-state index >= 15 is 0 Å². The van der Waals surface area contributed by atoms with E-state index in [-0.39, 0.29) is 11.8 Å². The minimum atomic E-state index is 0.0434. The number of hydrogen-bond donors (Lipinski definition) is 1. The number of carbonyl (C=O) groups is 2. The Morgan fingerprint density at radius 1 is 1.18 bits per heavy atom. The largest absolute Gasteiger partial charge is 0.379 e. The van der Waals surface area contributed by atoms with Crippen LogP contribution < -0.4 is 5.32 Å². The van der Waals surface area contributed by atoms with Crippen LogP contribution in [0, 0.1) is 0 Å². The third-order valence-electron chi connectivity index (χ3n) is 4.56. The Hall–Kier alpha value is -1.14. The molecule has 0 aromatic rings. The number of morpholine rings is 1. The maximum absolute atomic E-state index is 12.0. The molecule has 2 amide bonds. The van der Waals surface area contributed by atoms with Crippen LogP contribution in [0.5, 0.6) is 0 Å². The van der Waals surface area contributed by atoms with Crippen LogP contribution in [0.1, 0.15) is 39.0 Å². The van der Waals surface area contributed by atoms with E-state index in [2.05, 4.69) is 10.2 Å².